The van der Waals surface area contributed by atoms with Gasteiger partial charge in [-0.2, -0.15) is 5.26 Å². The monoisotopic (exact) mass is 276 g/mol. The second kappa shape index (κ2) is 5.48. The number of carbonyl (C=O) groups excluding carboxylic acids is 1. The molecule has 1 aromatic carbocycles. The topological polar surface area (TPSA) is 99.9 Å². The van der Waals surface area contributed by atoms with E-state index in [2.05, 4.69) is 0 Å². The van der Waals surface area contributed by atoms with Crippen molar-refractivity contribution in [3.05, 3.63) is 23.8 Å². The summed E-state index contributed by atoms with van der Waals surface area (Å²) in [5, 5.41) is 17.9. The van der Waals surface area contributed by atoms with E-state index in [0.29, 0.717) is 11.3 Å². The zero-order valence-corrected chi connectivity index (χ0v) is 10.7. The van der Waals surface area contributed by atoms with Crippen LogP contribution in [0.2, 0.25) is 0 Å². The largest absolute Gasteiger partial charge is 0.478 e. The maximum Gasteiger partial charge on any atom is 0.414 e. The van der Waals surface area contributed by atoms with E-state index in [1.807, 2.05) is 6.07 Å². The number of rotatable bonds is 2. The van der Waals surface area contributed by atoms with Crippen molar-refractivity contribution in [2.45, 2.75) is 13.0 Å². The summed E-state index contributed by atoms with van der Waals surface area (Å²) in [6.07, 6.45) is -1.83. The van der Waals surface area contributed by atoms with Gasteiger partial charge < -0.3 is 14.6 Å². The molecule has 0 saturated carbocycles. The third-order valence-corrected chi connectivity index (χ3v) is 2.76. The first-order chi connectivity index (χ1) is 9.56. The van der Waals surface area contributed by atoms with Crippen LogP contribution in [0.5, 0.6) is 5.75 Å². The summed E-state index contributed by atoms with van der Waals surface area (Å²) in [7, 11) is 0. The van der Waals surface area contributed by atoms with Crippen LogP contribution in [0.25, 0.3) is 0 Å². The second-order valence-corrected chi connectivity index (χ2v) is 4.05. The quantitative estimate of drug-likeness (QED) is 0.875. The van der Waals surface area contributed by atoms with Gasteiger partial charge in [-0.1, -0.05) is 0 Å². The summed E-state index contributed by atoms with van der Waals surface area (Å²) in [5.41, 5.74) is 0.676. The molecule has 1 heterocycles. The predicted molar refractivity (Wildman–Crippen MR) is 67.6 cm³/mol. The number of carboxylic acid groups (broad SMARTS) is 1. The van der Waals surface area contributed by atoms with E-state index in [-0.39, 0.29) is 18.9 Å². The fourth-order valence-corrected chi connectivity index (χ4v) is 1.85. The molecule has 1 aliphatic heterocycles. The molecule has 1 aromatic rings. The Bertz CT molecular complexity index is 593. The van der Waals surface area contributed by atoms with Gasteiger partial charge in [0.25, 0.3) is 0 Å². The van der Waals surface area contributed by atoms with E-state index in [0.717, 1.165) is 0 Å². The Labute approximate surface area is 114 Å². The summed E-state index contributed by atoms with van der Waals surface area (Å²) < 4.78 is 10.2. The number of hydrogen-bond donors (Lipinski definition) is 1. The van der Waals surface area contributed by atoms with Crippen molar-refractivity contribution in [1.29, 1.82) is 5.26 Å². The maximum absolute atomic E-state index is 11.9. The Hall–Kier alpha value is -2.75. The fourth-order valence-electron chi connectivity index (χ4n) is 1.85. The number of fused-ring (bicyclic) bond motifs is 1. The highest BCUT2D eigenvalue weighted by Gasteiger charge is 2.34. The number of hydrogen-bond acceptors (Lipinski definition) is 5. The molecule has 1 amide bonds. The number of aliphatic carboxylic acids is 1. The van der Waals surface area contributed by atoms with Crippen LogP contribution in [0.1, 0.15) is 12.5 Å². The lowest BCUT2D eigenvalue weighted by Crippen LogP contribution is -2.47. The molecule has 7 heteroatoms. The highest BCUT2D eigenvalue weighted by molar-refractivity contribution is 5.92. The normalized spacial score (nSPS) is 16.6. The molecular formula is C13H12N2O5. The van der Waals surface area contributed by atoms with E-state index < -0.39 is 18.2 Å². The number of nitriles is 1. The number of amides is 1. The van der Waals surface area contributed by atoms with Gasteiger partial charge in [0.1, 0.15) is 5.75 Å². The lowest BCUT2D eigenvalue weighted by atomic mass is 10.1. The predicted octanol–water partition coefficient (Wildman–Crippen LogP) is 1.37. The van der Waals surface area contributed by atoms with Crippen LogP contribution in [0.4, 0.5) is 10.5 Å². The van der Waals surface area contributed by atoms with Gasteiger partial charge in [-0.25, -0.2) is 9.59 Å². The van der Waals surface area contributed by atoms with Crippen molar-refractivity contribution >= 4 is 17.7 Å². The Morgan fingerprint density at radius 2 is 2.35 bits per heavy atom. The zero-order chi connectivity index (χ0) is 14.7. The van der Waals surface area contributed by atoms with Crippen molar-refractivity contribution in [2.24, 2.45) is 0 Å². The molecule has 2 rings (SSSR count). The molecule has 0 aliphatic carbocycles. The average molecular weight is 276 g/mol. The van der Waals surface area contributed by atoms with Gasteiger partial charge in [0.05, 0.1) is 30.5 Å². The molecule has 0 saturated heterocycles. The van der Waals surface area contributed by atoms with E-state index in [9.17, 15) is 9.59 Å². The molecule has 0 aromatic heterocycles. The van der Waals surface area contributed by atoms with Crippen LogP contribution in [0, 0.1) is 11.3 Å². The van der Waals surface area contributed by atoms with E-state index >= 15 is 0 Å². The number of nitrogens with zero attached hydrogens (tertiary/aromatic N) is 2. The highest BCUT2D eigenvalue weighted by atomic mass is 16.6. The van der Waals surface area contributed by atoms with Gasteiger partial charge in [0.15, 0.2) is 0 Å². The molecule has 0 spiro atoms. The molecule has 1 unspecified atom stereocenters. The minimum absolute atomic E-state index is 0.168. The maximum atomic E-state index is 11.9. The minimum Gasteiger partial charge on any atom is -0.478 e. The zero-order valence-electron chi connectivity index (χ0n) is 10.7. The molecule has 0 radical (unpaired) electrons. The van der Waals surface area contributed by atoms with Gasteiger partial charge in [0, 0.05) is 0 Å². The standard InChI is InChI=1S/C13H12N2O5/c1-2-19-13(18)15-7-11(12(16)17)20-10-4-3-8(6-14)5-9(10)15/h3-5,11H,2,7H2,1H3,(H,16,17). The third-order valence-electron chi connectivity index (χ3n) is 2.76. The third kappa shape index (κ3) is 2.49. The van der Waals surface area contributed by atoms with Gasteiger partial charge in [-0.3, -0.25) is 4.90 Å². The van der Waals surface area contributed by atoms with Gasteiger partial charge in [-0.05, 0) is 25.1 Å². The van der Waals surface area contributed by atoms with Crippen molar-refractivity contribution in [3.8, 4) is 11.8 Å². The van der Waals surface area contributed by atoms with E-state index in [1.54, 1.807) is 6.92 Å². The van der Waals surface area contributed by atoms with Crippen molar-refractivity contribution in [3.63, 3.8) is 0 Å². The molecule has 0 bridgehead atoms. The van der Waals surface area contributed by atoms with Gasteiger partial charge >= 0.3 is 12.1 Å². The molecular weight excluding hydrogens is 264 g/mol. The van der Waals surface area contributed by atoms with Crippen LogP contribution in [-0.4, -0.2) is 36.4 Å². The summed E-state index contributed by atoms with van der Waals surface area (Å²) in [6.45, 7) is 1.65. The fraction of sp³-hybridized carbons (Fsp3) is 0.308. The van der Waals surface area contributed by atoms with E-state index in [4.69, 9.17) is 19.8 Å². The highest BCUT2D eigenvalue weighted by Crippen LogP contribution is 2.34. The summed E-state index contributed by atoms with van der Waals surface area (Å²) in [6, 6.07) is 6.37. The van der Waals surface area contributed by atoms with Crippen molar-refractivity contribution in [1.82, 2.24) is 0 Å². The average Bonchev–Trinajstić information content (AvgIpc) is 2.45. The smallest absolute Gasteiger partial charge is 0.414 e. The van der Waals surface area contributed by atoms with Crippen LogP contribution >= 0.6 is 0 Å². The Balaban J connectivity index is 2.43. The molecule has 7 nitrogen and oxygen atoms in total. The molecule has 1 N–H and O–H groups in total. The summed E-state index contributed by atoms with van der Waals surface area (Å²) in [5.74, 6) is -0.940. The molecule has 20 heavy (non-hydrogen) atoms. The van der Waals surface area contributed by atoms with Gasteiger partial charge in [-0.15, -0.1) is 0 Å². The first kappa shape index (κ1) is 13.7. The SMILES string of the molecule is CCOC(=O)N1CC(C(=O)O)Oc2ccc(C#N)cc21. The van der Waals surface area contributed by atoms with Crippen LogP contribution in [0.15, 0.2) is 18.2 Å². The number of benzene rings is 1. The first-order valence-corrected chi connectivity index (χ1v) is 5.94. The lowest BCUT2D eigenvalue weighted by Gasteiger charge is -2.32. The summed E-state index contributed by atoms with van der Waals surface area (Å²) in [4.78, 5) is 24.1. The van der Waals surface area contributed by atoms with Crippen LogP contribution < -0.4 is 9.64 Å². The molecule has 1 atom stereocenters. The van der Waals surface area contributed by atoms with E-state index in [1.165, 1.54) is 23.1 Å². The van der Waals surface area contributed by atoms with Crippen LogP contribution in [-0.2, 0) is 9.53 Å². The van der Waals surface area contributed by atoms with Gasteiger partial charge in [0.2, 0.25) is 6.10 Å². The Kier molecular flexibility index (Phi) is 3.75. The number of ether oxygens (including phenoxy) is 2. The number of carboxylic acids is 1. The lowest BCUT2D eigenvalue weighted by molar-refractivity contribution is -0.144. The Morgan fingerprint density at radius 3 is 2.95 bits per heavy atom. The number of anilines is 1. The second-order valence-electron chi connectivity index (χ2n) is 4.05. The molecule has 0 fully saturated rings. The first-order valence-electron chi connectivity index (χ1n) is 5.94. The molecule has 104 valence electrons. The van der Waals surface area contributed by atoms with Crippen molar-refractivity contribution in [2.75, 3.05) is 18.1 Å². The molecule has 1 aliphatic rings. The van der Waals surface area contributed by atoms with Crippen LogP contribution in [0.3, 0.4) is 0 Å². The summed E-state index contributed by atoms with van der Waals surface area (Å²) >= 11 is 0. The minimum atomic E-state index is -1.17. The Morgan fingerprint density at radius 1 is 1.60 bits per heavy atom. The number of carbonyl (C=O) groups is 2. The van der Waals surface area contributed by atoms with Crippen molar-refractivity contribution < 1.29 is 24.2 Å².